The molecular formula is C26H33N8O9S2+. The van der Waals surface area contributed by atoms with Gasteiger partial charge in [0.05, 0.1) is 24.3 Å². The molecule has 0 saturated carbocycles. The first-order valence-electron chi connectivity index (χ1n) is 13.5. The summed E-state index contributed by atoms with van der Waals surface area (Å²) < 4.78 is 41.9. The number of aryl methyl sites for hydroxylation is 2. The number of aromatic nitrogens is 3. The zero-order valence-electron chi connectivity index (χ0n) is 24.5. The SMILES string of the molecule is C[C@@H]1[C@H](NC(=O)/C(=N\O[C@@](C)(COc2ccc(-c3cn(CCCN)[n+](C)c3)cc2)C(=O)O)c2csc(N)n2)C(=O)N1S(=O)(=O)O. The van der Waals surface area contributed by atoms with Crippen LogP contribution in [0.1, 0.15) is 26.0 Å². The number of thiazole rings is 1. The lowest BCUT2D eigenvalue weighted by Gasteiger charge is -2.42. The van der Waals surface area contributed by atoms with E-state index < -0.39 is 58.1 Å². The van der Waals surface area contributed by atoms with Gasteiger partial charge in [-0.3, -0.25) is 14.1 Å². The van der Waals surface area contributed by atoms with Gasteiger partial charge in [0, 0.05) is 5.38 Å². The number of carboxylic acid groups (broad SMARTS) is 1. The number of amides is 2. The minimum absolute atomic E-state index is 0.0600. The maximum absolute atomic E-state index is 13.1. The number of nitrogens with one attached hydrogen (secondary N) is 1. The average molecular weight is 666 g/mol. The molecule has 45 heavy (non-hydrogen) atoms. The van der Waals surface area contributed by atoms with E-state index in [-0.39, 0.29) is 15.1 Å². The minimum Gasteiger partial charge on any atom is -0.489 e. The van der Waals surface area contributed by atoms with E-state index in [2.05, 4.69) is 15.5 Å². The first-order chi connectivity index (χ1) is 21.1. The van der Waals surface area contributed by atoms with Crippen LogP contribution in [0.15, 0.2) is 47.2 Å². The van der Waals surface area contributed by atoms with Gasteiger partial charge in [0.1, 0.15) is 24.1 Å². The molecule has 7 N–H and O–H groups in total. The van der Waals surface area contributed by atoms with Gasteiger partial charge in [0.15, 0.2) is 17.9 Å². The number of ether oxygens (including phenoxy) is 1. The second-order valence-electron chi connectivity index (χ2n) is 10.3. The number of β-lactam (4-membered cyclic amide) rings is 1. The van der Waals surface area contributed by atoms with Crippen LogP contribution in [0, 0.1) is 0 Å². The molecule has 3 aromatic rings. The molecule has 0 spiro atoms. The molecule has 242 valence electrons. The zero-order chi connectivity index (χ0) is 33.1. The number of nitrogens with two attached hydrogens (primary N) is 2. The lowest BCUT2D eigenvalue weighted by Crippen LogP contribution is -2.71. The molecule has 17 nitrogen and oxygen atoms in total. The largest absolute Gasteiger partial charge is 0.489 e. The van der Waals surface area contributed by atoms with Gasteiger partial charge in [0.25, 0.3) is 17.4 Å². The van der Waals surface area contributed by atoms with Crippen LogP contribution in [-0.2, 0) is 43.1 Å². The van der Waals surface area contributed by atoms with Crippen molar-refractivity contribution in [2.75, 3.05) is 18.9 Å². The number of carbonyl (C=O) groups is 3. The van der Waals surface area contributed by atoms with Gasteiger partial charge in [0.2, 0.25) is 6.20 Å². The van der Waals surface area contributed by atoms with Crippen LogP contribution in [0.3, 0.4) is 0 Å². The summed E-state index contributed by atoms with van der Waals surface area (Å²) in [4.78, 5) is 46.9. The Labute approximate surface area is 261 Å². The van der Waals surface area contributed by atoms with Crippen LogP contribution < -0.4 is 26.2 Å². The summed E-state index contributed by atoms with van der Waals surface area (Å²) in [6.45, 7) is 3.30. The second-order valence-corrected chi connectivity index (χ2v) is 12.5. The zero-order valence-corrected chi connectivity index (χ0v) is 26.1. The Balaban J connectivity index is 1.48. The molecule has 2 aromatic heterocycles. The molecule has 0 radical (unpaired) electrons. The standard InChI is InChI=1S/C26H32N8O9S2/c1-15-20(23(36)34(15)45(39,40)41)30-22(35)21(19-13-44-25(28)29-19)31-43-26(2,24(37)38)14-42-18-7-5-16(6-8-18)17-11-32(3)33(12-17)10-4-9-27/h5-8,11-13,15,20H,4,9-10,14,27H2,1-3H3,(H4-,28,29,30,35,37,38,39,40,41)/p+1/b31-21-/t15-,20+,26+/m1/s1. The normalized spacial score (nSPS) is 18.2. The topological polar surface area (TPSA) is 246 Å². The molecule has 4 rings (SSSR count). The third-order valence-corrected chi connectivity index (χ3v) is 8.64. The van der Waals surface area contributed by atoms with E-state index in [9.17, 15) is 32.5 Å². The summed E-state index contributed by atoms with van der Waals surface area (Å²) in [7, 11) is -2.90. The Kier molecular flexibility index (Phi) is 9.76. The predicted octanol–water partition coefficient (Wildman–Crippen LogP) is -0.472. The number of benzene rings is 1. The number of rotatable bonds is 14. The number of hydrogen-bond donors (Lipinski definition) is 5. The van der Waals surface area contributed by atoms with Crippen LogP contribution in [0.4, 0.5) is 5.13 Å². The summed E-state index contributed by atoms with van der Waals surface area (Å²) >= 11 is 0.960. The van der Waals surface area contributed by atoms with E-state index in [4.69, 9.17) is 21.0 Å². The molecule has 3 atom stereocenters. The highest BCUT2D eigenvalue weighted by Gasteiger charge is 2.51. The lowest BCUT2D eigenvalue weighted by molar-refractivity contribution is -0.753. The molecule has 0 aliphatic carbocycles. The molecule has 0 unspecified atom stereocenters. The van der Waals surface area contributed by atoms with E-state index in [0.717, 1.165) is 35.4 Å². The van der Waals surface area contributed by atoms with Gasteiger partial charge in [-0.15, -0.1) is 16.0 Å². The van der Waals surface area contributed by atoms with Gasteiger partial charge in [-0.25, -0.2) is 14.1 Å². The monoisotopic (exact) mass is 665 g/mol. The van der Waals surface area contributed by atoms with Crippen molar-refractivity contribution in [2.45, 2.75) is 44.5 Å². The highest BCUT2D eigenvalue weighted by molar-refractivity contribution is 7.84. The number of carboxylic acids is 1. The maximum Gasteiger partial charge on any atom is 0.362 e. The summed E-state index contributed by atoms with van der Waals surface area (Å²) in [6, 6.07) is 4.53. The Morgan fingerprint density at radius 3 is 2.51 bits per heavy atom. The van der Waals surface area contributed by atoms with Crippen molar-refractivity contribution in [3.05, 3.63) is 47.7 Å². The van der Waals surface area contributed by atoms with Crippen molar-refractivity contribution in [3.63, 3.8) is 0 Å². The van der Waals surface area contributed by atoms with Gasteiger partial charge in [-0.2, -0.15) is 13.1 Å². The van der Waals surface area contributed by atoms with Crippen molar-refractivity contribution < 1.29 is 46.7 Å². The van der Waals surface area contributed by atoms with Gasteiger partial charge >= 0.3 is 16.3 Å². The van der Waals surface area contributed by atoms with Crippen molar-refractivity contribution in [1.82, 2.24) is 19.3 Å². The van der Waals surface area contributed by atoms with E-state index in [1.807, 2.05) is 40.9 Å². The smallest absolute Gasteiger partial charge is 0.362 e. The predicted molar refractivity (Wildman–Crippen MR) is 160 cm³/mol. The van der Waals surface area contributed by atoms with Crippen LogP contribution >= 0.6 is 11.3 Å². The third-order valence-electron chi connectivity index (χ3n) is 6.95. The molecule has 3 heterocycles. The Hall–Kier alpha value is -4.59. The Morgan fingerprint density at radius 2 is 1.96 bits per heavy atom. The van der Waals surface area contributed by atoms with Crippen molar-refractivity contribution >= 4 is 50.3 Å². The molecule has 1 saturated heterocycles. The fraction of sp³-hybridized carbons (Fsp3) is 0.385. The average Bonchev–Trinajstić information content (AvgIpc) is 3.58. The second kappa shape index (κ2) is 13.2. The highest BCUT2D eigenvalue weighted by Crippen LogP contribution is 2.25. The fourth-order valence-electron chi connectivity index (χ4n) is 4.34. The molecule has 1 fully saturated rings. The molecule has 1 aliphatic heterocycles. The van der Waals surface area contributed by atoms with E-state index in [1.54, 1.807) is 12.1 Å². The fourth-order valence-corrected chi connectivity index (χ4v) is 5.77. The van der Waals surface area contributed by atoms with Crippen LogP contribution in [0.2, 0.25) is 0 Å². The summed E-state index contributed by atoms with van der Waals surface area (Å²) in [5.41, 5.74) is 10.5. The van der Waals surface area contributed by atoms with Crippen LogP contribution in [0.5, 0.6) is 5.75 Å². The number of aliphatic carboxylic acids is 1. The number of hydrogen-bond acceptors (Lipinski definition) is 12. The van der Waals surface area contributed by atoms with Crippen molar-refractivity contribution in [2.24, 2.45) is 17.9 Å². The minimum atomic E-state index is -4.83. The van der Waals surface area contributed by atoms with E-state index in [0.29, 0.717) is 12.3 Å². The highest BCUT2D eigenvalue weighted by atomic mass is 32.2. The molecule has 2 amide bonds. The molecule has 1 aliphatic rings. The van der Waals surface area contributed by atoms with E-state index in [1.165, 1.54) is 19.2 Å². The quantitative estimate of drug-likeness (QED) is 0.0482. The molecule has 0 bridgehead atoms. The summed E-state index contributed by atoms with van der Waals surface area (Å²) in [5.74, 6) is -3.23. The van der Waals surface area contributed by atoms with Crippen molar-refractivity contribution in [3.8, 4) is 16.9 Å². The molecule has 1 aromatic carbocycles. The number of nitrogen functional groups attached to an aromatic ring is 1. The van der Waals surface area contributed by atoms with Crippen molar-refractivity contribution in [1.29, 1.82) is 0 Å². The molecule has 19 heteroatoms. The summed E-state index contributed by atoms with van der Waals surface area (Å²) in [5, 5.41) is 17.4. The van der Waals surface area contributed by atoms with Gasteiger partial charge in [-0.05, 0) is 44.5 Å². The van der Waals surface area contributed by atoms with E-state index >= 15 is 0 Å². The maximum atomic E-state index is 13.1. The van der Waals surface area contributed by atoms with Crippen LogP contribution in [-0.4, -0.2) is 86.4 Å². The molecular weight excluding hydrogens is 632 g/mol. The van der Waals surface area contributed by atoms with Gasteiger partial charge < -0.3 is 31.5 Å². The summed E-state index contributed by atoms with van der Waals surface area (Å²) in [6.07, 6.45) is 4.80. The Bertz CT molecular complexity index is 1720. The third kappa shape index (κ3) is 7.39. The number of anilines is 1. The lowest BCUT2D eigenvalue weighted by atomic mass is 10.0. The first kappa shape index (κ1) is 33.3. The first-order valence-corrected chi connectivity index (χ1v) is 15.7. The Morgan fingerprint density at radius 1 is 1.27 bits per heavy atom. The van der Waals surface area contributed by atoms with Crippen LogP contribution in [0.25, 0.3) is 11.1 Å². The van der Waals surface area contributed by atoms with Gasteiger partial charge in [-0.1, -0.05) is 17.3 Å². The number of carbonyl (C=O) groups excluding carboxylic acids is 2. The number of oxime groups is 1. The number of nitrogens with zero attached hydrogens (tertiary/aromatic N) is 5.